The summed E-state index contributed by atoms with van der Waals surface area (Å²) in [5.74, 6) is 0. The van der Waals surface area contributed by atoms with E-state index in [4.69, 9.17) is 0 Å². The van der Waals surface area contributed by atoms with Crippen LogP contribution in [0.3, 0.4) is 0 Å². The van der Waals surface area contributed by atoms with Crippen molar-refractivity contribution in [3.05, 3.63) is 70.4 Å². The Balaban J connectivity index is 1.89. The summed E-state index contributed by atoms with van der Waals surface area (Å²) in [6, 6.07) is 21.5. The van der Waals surface area contributed by atoms with Gasteiger partial charge in [-0.15, -0.1) is 0 Å². The molecule has 0 unspecified atom stereocenters. The first kappa shape index (κ1) is 11.1. The summed E-state index contributed by atoms with van der Waals surface area (Å²) in [5.41, 5.74) is 5.15. The molecule has 0 aliphatic carbocycles. The molecule has 0 N–H and O–H groups in total. The van der Waals surface area contributed by atoms with Crippen LogP contribution in [0, 0.1) is 3.57 Å². The number of nitrogens with zero attached hydrogens (tertiary/aromatic N) is 2. The third-order valence-electron chi connectivity index (χ3n) is 3.23. The van der Waals surface area contributed by atoms with Crippen molar-refractivity contribution < 1.29 is 24.4 Å². The van der Waals surface area contributed by atoms with E-state index in [1.165, 1.54) is 26.0 Å². The zero-order chi connectivity index (χ0) is 12.7. The Hall–Kier alpha value is -1.75. The Morgan fingerprint density at radius 3 is 2.63 bits per heavy atom. The van der Waals surface area contributed by atoms with Crippen molar-refractivity contribution in [1.82, 2.24) is 5.10 Å². The fourth-order valence-corrected chi connectivity index (χ4v) is 4.78. The zero-order valence-electron chi connectivity index (χ0n) is 10.1. The van der Waals surface area contributed by atoms with Crippen LogP contribution in [0.1, 0.15) is 0 Å². The number of rotatable bonds is 1. The molecule has 4 rings (SSSR count). The maximum absolute atomic E-state index is 4.44. The van der Waals surface area contributed by atoms with Crippen LogP contribution in [0.4, 0.5) is 0 Å². The van der Waals surface area contributed by atoms with E-state index in [9.17, 15) is 0 Å². The Bertz CT molecular complexity index is 754. The normalized spacial score (nSPS) is 12.4. The van der Waals surface area contributed by atoms with Crippen LogP contribution in [0.15, 0.2) is 66.9 Å². The molecule has 0 radical (unpaired) electrons. The quantitative estimate of drug-likeness (QED) is 0.429. The van der Waals surface area contributed by atoms with E-state index >= 15 is 0 Å². The van der Waals surface area contributed by atoms with Crippen molar-refractivity contribution >= 4 is 0 Å². The average molecular weight is 358 g/mol. The second kappa shape index (κ2) is 4.42. The molecule has 19 heavy (non-hydrogen) atoms. The molecule has 2 nitrogen and oxygen atoms in total. The van der Waals surface area contributed by atoms with Crippen molar-refractivity contribution in [3.63, 3.8) is 0 Å². The van der Waals surface area contributed by atoms with E-state index in [1.54, 1.807) is 0 Å². The van der Waals surface area contributed by atoms with Crippen molar-refractivity contribution in [3.8, 4) is 22.4 Å². The first-order valence-electron chi connectivity index (χ1n) is 6.14. The van der Waals surface area contributed by atoms with E-state index in [0.29, 0.717) is 0 Å². The van der Waals surface area contributed by atoms with Gasteiger partial charge in [-0.1, -0.05) is 0 Å². The molecule has 2 aromatic carbocycles. The molecule has 1 aliphatic heterocycles. The summed E-state index contributed by atoms with van der Waals surface area (Å²) >= 11 is -0.175. The maximum atomic E-state index is 4.44. The summed E-state index contributed by atoms with van der Waals surface area (Å²) in [7, 11) is 0. The molecule has 3 heteroatoms. The van der Waals surface area contributed by atoms with E-state index in [-0.39, 0.29) is 21.5 Å². The van der Waals surface area contributed by atoms with Crippen LogP contribution in [0.5, 0.6) is 0 Å². The van der Waals surface area contributed by atoms with Crippen molar-refractivity contribution in [2.45, 2.75) is 0 Å². The number of benzene rings is 2. The predicted molar refractivity (Wildman–Crippen MR) is 69.4 cm³/mol. The van der Waals surface area contributed by atoms with Crippen LogP contribution in [-0.4, -0.2) is 5.10 Å². The van der Waals surface area contributed by atoms with Crippen molar-refractivity contribution in [2.24, 2.45) is 0 Å². The standard InChI is InChI=1S/C16H11IN2/c1-2-5-12(6-3-1)13-8-9-15-14(11-13)16-7-4-10-18-19(16)17-15/h1-11H. The van der Waals surface area contributed by atoms with Gasteiger partial charge in [-0.05, 0) is 0 Å². The number of fused-ring (bicyclic) bond motifs is 3. The first-order chi connectivity index (χ1) is 9.42. The average Bonchev–Trinajstić information content (AvgIpc) is 2.86. The monoisotopic (exact) mass is 358 g/mol. The van der Waals surface area contributed by atoms with Gasteiger partial charge >= 0.3 is 122 Å². The molecule has 92 valence electrons. The fraction of sp³-hybridized carbons (Fsp3) is 0. The van der Waals surface area contributed by atoms with Gasteiger partial charge in [0.2, 0.25) is 0 Å². The summed E-state index contributed by atoms with van der Waals surface area (Å²) in [5, 5.41) is 4.44. The van der Waals surface area contributed by atoms with Crippen LogP contribution in [0.2, 0.25) is 0 Å². The van der Waals surface area contributed by atoms with Gasteiger partial charge in [-0.25, -0.2) is 0 Å². The minimum absolute atomic E-state index is 0.175. The molecule has 0 spiro atoms. The summed E-state index contributed by atoms with van der Waals surface area (Å²) in [6.45, 7) is 0. The van der Waals surface area contributed by atoms with Gasteiger partial charge < -0.3 is 0 Å². The van der Waals surface area contributed by atoms with E-state index in [0.717, 1.165) is 0 Å². The molecular weight excluding hydrogens is 347 g/mol. The molecule has 3 aromatic rings. The van der Waals surface area contributed by atoms with Crippen LogP contribution < -0.4 is 24.4 Å². The van der Waals surface area contributed by atoms with E-state index in [2.05, 4.69) is 62.6 Å². The molecule has 0 saturated heterocycles. The molecule has 2 heterocycles. The second-order valence-corrected chi connectivity index (χ2v) is 6.97. The molecule has 0 saturated carbocycles. The Kier molecular flexibility index (Phi) is 2.58. The van der Waals surface area contributed by atoms with Gasteiger partial charge in [0.15, 0.2) is 0 Å². The fourth-order valence-electron chi connectivity index (χ4n) is 2.30. The molecule has 0 atom stereocenters. The third kappa shape index (κ3) is 1.85. The zero-order valence-corrected chi connectivity index (χ0v) is 12.3. The molecule has 1 aromatic heterocycles. The van der Waals surface area contributed by atoms with Crippen molar-refractivity contribution in [2.75, 3.05) is 0 Å². The Morgan fingerprint density at radius 1 is 0.842 bits per heavy atom. The van der Waals surface area contributed by atoms with E-state index in [1.807, 2.05) is 12.3 Å². The number of hydrogen-bond donors (Lipinski definition) is 0. The van der Waals surface area contributed by atoms with Gasteiger partial charge in [-0.3, -0.25) is 0 Å². The van der Waals surface area contributed by atoms with Crippen molar-refractivity contribution in [1.29, 1.82) is 0 Å². The Morgan fingerprint density at radius 2 is 1.74 bits per heavy atom. The molecule has 0 bridgehead atoms. The van der Waals surface area contributed by atoms with Gasteiger partial charge in [0.05, 0.1) is 0 Å². The Labute approximate surface area is 122 Å². The summed E-state index contributed by atoms with van der Waals surface area (Å²) < 4.78 is 3.62. The summed E-state index contributed by atoms with van der Waals surface area (Å²) in [4.78, 5) is 0. The molecule has 0 fully saturated rings. The van der Waals surface area contributed by atoms with Crippen LogP contribution in [0.25, 0.3) is 22.4 Å². The van der Waals surface area contributed by atoms with Gasteiger partial charge in [0, 0.05) is 0 Å². The molecule has 0 amide bonds. The predicted octanol–water partition coefficient (Wildman–Crippen LogP) is -0.262. The van der Waals surface area contributed by atoms with Crippen LogP contribution >= 0.6 is 0 Å². The van der Waals surface area contributed by atoms with Gasteiger partial charge in [0.1, 0.15) is 0 Å². The summed E-state index contributed by atoms with van der Waals surface area (Å²) in [6.07, 6.45) is 1.87. The number of halogens is 1. The minimum atomic E-state index is -0.175. The topological polar surface area (TPSA) is 16.8 Å². The second-order valence-electron chi connectivity index (χ2n) is 4.41. The van der Waals surface area contributed by atoms with Gasteiger partial charge in [-0.2, -0.15) is 0 Å². The van der Waals surface area contributed by atoms with Gasteiger partial charge in [0.25, 0.3) is 0 Å². The third-order valence-corrected chi connectivity index (χ3v) is 5.91. The first-order valence-corrected chi connectivity index (χ1v) is 8.19. The van der Waals surface area contributed by atoms with E-state index < -0.39 is 0 Å². The molecule has 1 aliphatic rings. The number of hydrogen-bond acceptors (Lipinski definition) is 1. The number of aromatic nitrogens is 2. The molecular formula is C16H11IN2. The van der Waals surface area contributed by atoms with Crippen LogP contribution in [-0.2, 0) is 0 Å². The SMILES string of the molecule is c1ccc(-c2ccc3c(c2)-c2cccn[n+]2[I-]3)cc1.